The van der Waals surface area contributed by atoms with E-state index >= 15 is 0 Å². The minimum Gasteiger partial charge on any atom is -0.741 e. The molecule has 0 fully saturated rings. The summed E-state index contributed by atoms with van der Waals surface area (Å²) in [7, 11) is -1.29. The number of alkyl halides is 3. The van der Waals surface area contributed by atoms with Crippen molar-refractivity contribution in [2.24, 2.45) is 0 Å². The number of halogens is 3. The first kappa shape index (κ1) is 26.9. The normalized spacial score (nSPS) is 12.6. The Morgan fingerprint density at radius 1 is 0.760 bits per heavy atom. The first-order chi connectivity index (χ1) is 11.4. The molecule has 0 aromatic rings. The Bertz CT molecular complexity index is 410. The topological polar surface area (TPSA) is 57.2 Å². The van der Waals surface area contributed by atoms with Crippen molar-refractivity contribution in [3.05, 3.63) is 0 Å². The molecule has 0 heterocycles. The van der Waals surface area contributed by atoms with Gasteiger partial charge in [-0.2, -0.15) is 13.2 Å². The number of rotatable bonds is 12. The predicted molar refractivity (Wildman–Crippen MR) is 95.1 cm³/mol. The second-order valence-corrected chi connectivity index (χ2v) is 8.48. The minimum atomic E-state index is -6.09. The van der Waals surface area contributed by atoms with Crippen LogP contribution in [0.15, 0.2) is 0 Å². The molecule has 4 nitrogen and oxygen atoms in total. The molecule has 0 saturated carbocycles. The van der Waals surface area contributed by atoms with Crippen molar-refractivity contribution in [1.29, 1.82) is 0 Å². The largest absolute Gasteiger partial charge is 0.741 e. The zero-order valence-corrected chi connectivity index (χ0v) is 17.0. The van der Waals surface area contributed by atoms with E-state index in [0.29, 0.717) is 0 Å². The Labute approximate surface area is 152 Å². The van der Waals surface area contributed by atoms with Crippen LogP contribution in [0.25, 0.3) is 0 Å². The highest BCUT2D eigenvalue weighted by Crippen LogP contribution is 2.20. The summed E-state index contributed by atoms with van der Waals surface area (Å²) in [5, 5.41) is 0. The Kier molecular flexibility index (Phi) is 14.9. The third-order valence-corrected chi connectivity index (χ3v) is 4.58. The zero-order valence-electron chi connectivity index (χ0n) is 16.2. The molecule has 154 valence electrons. The summed E-state index contributed by atoms with van der Waals surface area (Å²) in [6.45, 7) is 7.32. The lowest BCUT2D eigenvalue weighted by atomic mass is 10.1. The van der Waals surface area contributed by atoms with Crippen LogP contribution in [0.4, 0.5) is 13.2 Å². The molecule has 8 heteroatoms. The third kappa shape index (κ3) is 18.3. The number of nitrogens with zero attached hydrogens (tertiary/aromatic N) is 1. The van der Waals surface area contributed by atoms with E-state index in [1.807, 2.05) is 0 Å². The van der Waals surface area contributed by atoms with Gasteiger partial charge in [-0.1, -0.05) is 52.4 Å². The van der Waals surface area contributed by atoms with Crippen molar-refractivity contribution < 1.29 is 30.6 Å². The van der Waals surface area contributed by atoms with Gasteiger partial charge in [-0.25, -0.2) is 8.42 Å². The van der Waals surface area contributed by atoms with Crippen molar-refractivity contribution in [2.45, 2.75) is 83.6 Å². The molecule has 0 radical (unpaired) electrons. The molecule has 25 heavy (non-hydrogen) atoms. The van der Waals surface area contributed by atoms with Gasteiger partial charge in [0.25, 0.3) is 0 Å². The molecule has 0 rings (SSSR count). The predicted octanol–water partition coefficient (Wildman–Crippen LogP) is 5.06. The van der Waals surface area contributed by atoms with Gasteiger partial charge in [0.2, 0.25) is 0 Å². The van der Waals surface area contributed by atoms with Crippen LogP contribution >= 0.6 is 0 Å². The van der Waals surface area contributed by atoms with Crippen LogP contribution in [-0.2, 0) is 10.1 Å². The van der Waals surface area contributed by atoms with Gasteiger partial charge < -0.3 is 9.04 Å². The van der Waals surface area contributed by atoms with Crippen LogP contribution in [0.3, 0.4) is 0 Å². The SMILES string of the molecule is CCCCCCCC[N+](C)(C)CCCCCC.O=S(=O)([O-])C(F)(F)F. The Hall–Kier alpha value is -0.340. The van der Waals surface area contributed by atoms with Crippen molar-refractivity contribution in [1.82, 2.24) is 0 Å². The van der Waals surface area contributed by atoms with Gasteiger partial charge in [-0.15, -0.1) is 0 Å². The second kappa shape index (κ2) is 13.8. The summed E-state index contributed by atoms with van der Waals surface area (Å²) in [6, 6.07) is 0. The average Bonchev–Trinajstić information content (AvgIpc) is 2.46. The lowest BCUT2D eigenvalue weighted by Crippen LogP contribution is -2.41. The lowest BCUT2D eigenvalue weighted by Gasteiger charge is -2.30. The molecule has 0 unspecified atom stereocenters. The van der Waals surface area contributed by atoms with Gasteiger partial charge in [0.1, 0.15) is 0 Å². The second-order valence-electron chi connectivity index (χ2n) is 7.11. The standard InChI is InChI=1S/C16H36N.CHF3O3S/c1-5-7-9-11-12-14-16-17(3,4)15-13-10-8-6-2;2-1(3,4)8(5,6)7/h5-16H2,1-4H3;(H,5,6,7)/q+1;/p-1. The van der Waals surface area contributed by atoms with Crippen molar-refractivity contribution in [3.63, 3.8) is 0 Å². The first-order valence-corrected chi connectivity index (χ1v) is 10.6. The molecule has 0 N–H and O–H groups in total. The van der Waals surface area contributed by atoms with E-state index in [2.05, 4.69) is 27.9 Å². The molecule has 0 bridgehead atoms. The first-order valence-electron chi connectivity index (χ1n) is 9.21. The van der Waals surface area contributed by atoms with Crippen LogP contribution in [0.1, 0.15) is 78.1 Å². The highest BCUT2D eigenvalue weighted by molar-refractivity contribution is 7.86. The molecule has 0 aliphatic heterocycles. The fourth-order valence-electron chi connectivity index (χ4n) is 2.40. The molecule has 0 spiro atoms. The van der Waals surface area contributed by atoms with E-state index in [1.54, 1.807) is 0 Å². The maximum absolute atomic E-state index is 10.7. The Balaban J connectivity index is 0. The average molecular weight is 392 g/mol. The molecule has 0 aromatic carbocycles. The van der Waals surface area contributed by atoms with Crippen molar-refractivity contribution in [2.75, 3.05) is 27.2 Å². The minimum absolute atomic E-state index is 1.23. The van der Waals surface area contributed by atoms with Gasteiger partial charge in [0.05, 0.1) is 27.2 Å². The fraction of sp³-hybridized carbons (Fsp3) is 1.00. The quantitative estimate of drug-likeness (QED) is 0.202. The van der Waals surface area contributed by atoms with E-state index in [4.69, 9.17) is 13.0 Å². The summed E-state index contributed by atoms with van der Waals surface area (Å²) in [6.07, 6.45) is 14.1. The van der Waals surface area contributed by atoms with E-state index in [9.17, 15) is 13.2 Å². The van der Waals surface area contributed by atoms with Gasteiger partial charge in [-0.05, 0) is 25.7 Å². The number of unbranched alkanes of at least 4 members (excludes halogenated alkanes) is 8. The Morgan fingerprint density at radius 2 is 1.04 bits per heavy atom. The van der Waals surface area contributed by atoms with Gasteiger partial charge in [0, 0.05) is 0 Å². The van der Waals surface area contributed by atoms with E-state index in [0.717, 1.165) is 0 Å². The zero-order chi connectivity index (χ0) is 20.0. The van der Waals surface area contributed by atoms with Crippen molar-refractivity contribution in [3.8, 4) is 0 Å². The number of quaternary nitrogens is 1. The maximum Gasteiger partial charge on any atom is 0.485 e. The molecule has 0 aliphatic carbocycles. The molecule has 0 aromatic heterocycles. The van der Waals surface area contributed by atoms with E-state index in [-0.39, 0.29) is 0 Å². The molecule has 0 atom stereocenters. The van der Waals surface area contributed by atoms with Crippen molar-refractivity contribution >= 4 is 10.1 Å². The van der Waals surface area contributed by atoms with Gasteiger partial charge in [-0.3, -0.25) is 0 Å². The summed E-state index contributed by atoms with van der Waals surface area (Å²) < 4.78 is 60.1. The lowest BCUT2D eigenvalue weighted by molar-refractivity contribution is -0.890. The van der Waals surface area contributed by atoms with Crippen LogP contribution in [-0.4, -0.2) is 50.1 Å². The van der Waals surface area contributed by atoms with E-state index < -0.39 is 15.6 Å². The van der Waals surface area contributed by atoms with Crippen LogP contribution in [0, 0.1) is 0 Å². The monoisotopic (exact) mass is 391 g/mol. The van der Waals surface area contributed by atoms with Crippen LogP contribution < -0.4 is 0 Å². The van der Waals surface area contributed by atoms with Gasteiger partial charge in [0.15, 0.2) is 10.1 Å². The number of hydrogen-bond donors (Lipinski definition) is 0. The fourth-order valence-corrected chi connectivity index (χ4v) is 2.40. The van der Waals surface area contributed by atoms with Crippen LogP contribution in [0.2, 0.25) is 0 Å². The summed E-state index contributed by atoms with van der Waals surface area (Å²) in [5.41, 5.74) is -5.65. The molecular weight excluding hydrogens is 355 g/mol. The van der Waals surface area contributed by atoms with E-state index in [1.165, 1.54) is 81.8 Å². The number of hydrogen-bond acceptors (Lipinski definition) is 3. The van der Waals surface area contributed by atoms with Gasteiger partial charge >= 0.3 is 5.51 Å². The molecule has 0 aliphatic rings. The maximum atomic E-state index is 10.7. The summed E-state index contributed by atoms with van der Waals surface area (Å²) >= 11 is 0. The summed E-state index contributed by atoms with van der Waals surface area (Å²) in [4.78, 5) is 0. The molecule has 0 amide bonds. The molecular formula is C17H36F3NO3S. The molecule has 0 saturated heterocycles. The highest BCUT2D eigenvalue weighted by atomic mass is 32.2. The smallest absolute Gasteiger partial charge is 0.485 e. The third-order valence-electron chi connectivity index (χ3n) is 4.02. The Morgan fingerprint density at radius 3 is 1.36 bits per heavy atom. The summed E-state index contributed by atoms with van der Waals surface area (Å²) in [5.74, 6) is 0. The van der Waals surface area contributed by atoms with Crippen LogP contribution in [0.5, 0.6) is 0 Å². The highest BCUT2D eigenvalue weighted by Gasteiger charge is 2.36.